The van der Waals surface area contributed by atoms with Crippen molar-refractivity contribution in [3.8, 4) is 0 Å². The van der Waals surface area contributed by atoms with E-state index in [0.29, 0.717) is 11.8 Å². The average Bonchev–Trinajstić information content (AvgIpc) is 2.49. The number of hydrogen-bond donors (Lipinski definition) is 1. The molecular formula is C8H15N3O. The molecule has 0 aliphatic carbocycles. The molecule has 0 amide bonds. The summed E-state index contributed by atoms with van der Waals surface area (Å²) in [7, 11) is 0. The Kier molecular flexibility index (Phi) is 3.73. The van der Waals surface area contributed by atoms with Crippen molar-refractivity contribution >= 4 is 0 Å². The number of aromatic nitrogens is 2. The number of rotatable bonds is 5. The van der Waals surface area contributed by atoms with Gasteiger partial charge in [-0.3, -0.25) is 0 Å². The van der Waals surface area contributed by atoms with Crippen LogP contribution in [0.3, 0.4) is 0 Å². The highest BCUT2D eigenvalue weighted by Crippen LogP contribution is 1.91. The molecule has 0 radical (unpaired) electrons. The first-order valence-electron chi connectivity index (χ1n) is 4.25. The van der Waals surface area contributed by atoms with E-state index >= 15 is 0 Å². The molecule has 12 heavy (non-hydrogen) atoms. The molecule has 4 nitrogen and oxygen atoms in total. The maximum Gasteiger partial charge on any atom is 0.227 e. The van der Waals surface area contributed by atoms with Gasteiger partial charge in [-0.25, -0.2) is 0 Å². The van der Waals surface area contributed by atoms with Crippen LogP contribution in [0.1, 0.15) is 19.7 Å². The minimum absolute atomic E-state index is 0.688. The molecule has 0 bridgehead atoms. The molecule has 0 saturated carbocycles. The van der Waals surface area contributed by atoms with E-state index in [2.05, 4.69) is 29.3 Å². The quantitative estimate of drug-likeness (QED) is 0.664. The van der Waals surface area contributed by atoms with E-state index in [1.165, 1.54) is 6.33 Å². The Balaban J connectivity index is 2.04. The van der Waals surface area contributed by atoms with Crippen LogP contribution in [0.15, 0.2) is 10.9 Å². The molecule has 0 spiro atoms. The Bertz CT molecular complexity index is 196. The molecule has 1 aromatic heterocycles. The van der Waals surface area contributed by atoms with Gasteiger partial charge in [-0.2, -0.15) is 4.98 Å². The van der Waals surface area contributed by atoms with Gasteiger partial charge in [-0.05, 0) is 12.5 Å². The van der Waals surface area contributed by atoms with Gasteiger partial charge in [0.2, 0.25) is 5.89 Å². The van der Waals surface area contributed by atoms with E-state index in [1.54, 1.807) is 0 Å². The van der Waals surface area contributed by atoms with Gasteiger partial charge < -0.3 is 9.84 Å². The molecule has 1 heterocycles. The predicted octanol–water partition coefficient (Wildman–Crippen LogP) is 0.858. The molecule has 1 aromatic rings. The summed E-state index contributed by atoms with van der Waals surface area (Å²) in [6.07, 6.45) is 2.24. The molecule has 0 aliphatic rings. The molecular weight excluding hydrogens is 154 g/mol. The third-order valence-corrected chi connectivity index (χ3v) is 1.48. The molecule has 1 rings (SSSR count). The summed E-state index contributed by atoms with van der Waals surface area (Å²) in [5.41, 5.74) is 0. The van der Waals surface area contributed by atoms with E-state index < -0.39 is 0 Å². The lowest BCUT2D eigenvalue weighted by molar-refractivity contribution is 0.373. The summed E-state index contributed by atoms with van der Waals surface area (Å²) < 4.78 is 4.84. The summed E-state index contributed by atoms with van der Waals surface area (Å²) in [6.45, 7) is 6.30. The maximum atomic E-state index is 4.84. The monoisotopic (exact) mass is 169 g/mol. The van der Waals surface area contributed by atoms with Crippen LogP contribution < -0.4 is 5.32 Å². The van der Waals surface area contributed by atoms with Gasteiger partial charge in [-0.1, -0.05) is 19.0 Å². The minimum Gasteiger partial charge on any atom is -0.340 e. The van der Waals surface area contributed by atoms with Crippen LogP contribution in [0.2, 0.25) is 0 Å². The van der Waals surface area contributed by atoms with Crippen molar-refractivity contribution in [2.75, 3.05) is 13.1 Å². The van der Waals surface area contributed by atoms with E-state index in [1.807, 2.05) is 0 Å². The van der Waals surface area contributed by atoms with Crippen molar-refractivity contribution in [2.24, 2.45) is 5.92 Å². The SMILES string of the molecule is CC(C)CNCCc1ncno1. The van der Waals surface area contributed by atoms with E-state index in [0.717, 1.165) is 19.5 Å². The number of nitrogens with zero attached hydrogens (tertiary/aromatic N) is 2. The fourth-order valence-electron chi connectivity index (χ4n) is 0.892. The zero-order valence-corrected chi connectivity index (χ0v) is 7.58. The lowest BCUT2D eigenvalue weighted by Crippen LogP contribution is -2.22. The third kappa shape index (κ3) is 3.48. The van der Waals surface area contributed by atoms with Crippen molar-refractivity contribution in [3.05, 3.63) is 12.2 Å². The van der Waals surface area contributed by atoms with Crippen molar-refractivity contribution in [3.63, 3.8) is 0 Å². The second-order valence-electron chi connectivity index (χ2n) is 3.18. The van der Waals surface area contributed by atoms with Crippen LogP contribution in [-0.2, 0) is 6.42 Å². The standard InChI is InChI=1S/C8H15N3O/c1-7(2)5-9-4-3-8-10-6-11-12-8/h6-7,9H,3-5H2,1-2H3. The normalized spacial score (nSPS) is 10.9. The van der Waals surface area contributed by atoms with Gasteiger partial charge >= 0.3 is 0 Å². The fourth-order valence-corrected chi connectivity index (χ4v) is 0.892. The second-order valence-corrected chi connectivity index (χ2v) is 3.18. The molecule has 1 N–H and O–H groups in total. The molecule has 4 heteroatoms. The predicted molar refractivity (Wildman–Crippen MR) is 45.7 cm³/mol. The highest BCUT2D eigenvalue weighted by molar-refractivity contribution is 4.74. The van der Waals surface area contributed by atoms with Crippen LogP contribution >= 0.6 is 0 Å². The smallest absolute Gasteiger partial charge is 0.227 e. The Morgan fingerprint density at radius 3 is 3.00 bits per heavy atom. The highest BCUT2D eigenvalue weighted by atomic mass is 16.5. The van der Waals surface area contributed by atoms with Gasteiger partial charge in [0.15, 0.2) is 6.33 Å². The lowest BCUT2D eigenvalue weighted by atomic mass is 10.2. The third-order valence-electron chi connectivity index (χ3n) is 1.48. The van der Waals surface area contributed by atoms with Crippen molar-refractivity contribution in [2.45, 2.75) is 20.3 Å². The Labute approximate surface area is 72.4 Å². The average molecular weight is 169 g/mol. The largest absolute Gasteiger partial charge is 0.340 e. The van der Waals surface area contributed by atoms with Gasteiger partial charge in [0, 0.05) is 13.0 Å². The van der Waals surface area contributed by atoms with Crippen LogP contribution in [0.25, 0.3) is 0 Å². The van der Waals surface area contributed by atoms with Gasteiger partial charge in [-0.15, -0.1) is 0 Å². The van der Waals surface area contributed by atoms with Crippen molar-refractivity contribution < 1.29 is 4.52 Å². The summed E-state index contributed by atoms with van der Waals surface area (Å²) >= 11 is 0. The molecule has 68 valence electrons. The molecule has 0 unspecified atom stereocenters. The molecule has 0 fully saturated rings. The summed E-state index contributed by atoms with van der Waals surface area (Å²) in [5, 5.41) is 6.82. The summed E-state index contributed by atoms with van der Waals surface area (Å²) in [4.78, 5) is 3.92. The molecule has 0 atom stereocenters. The van der Waals surface area contributed by atoms with E-state index in [4.69, 9.17) is 4.52 Å². The van der Waals surface area contributed by atoms with Crippen LogP contribution in [0.4, 0.5) is 0 Å². The van der Waals surface area contributed by atoms with Crippen molar-refractivity contribution in [1.82, 2.24) is 15.5 Å². The topological polar surface area (TPSA) is 51.0 Å². The van der Waals surface area contributed by atoms with E-state index in [-0.39, 0.29) is 0 Å². The van der Waals surface area contributed by atoms with Crippen LogP contribution in [-0.4, -0.2) is 23.2 Å². The lowest BCUT2D eigenvalue weighted by Gasteiger charge is -2.04. The first kappa shape index (κ1) is 9.19. The summed E-state index contributed by atoms with van der Waals surface area (Å²) in [6, 6.07) is 0. The Morgan fingerprint density at radius 2 is 2.42 bits per heavy atom. The number of hydrogen-bond acceptors (Lipinski definition) is 4. The first-order valence-corrected chi connectivity index (χ1v) is 4.25. The minimum atomic E-state index is 0.688. The van der Waals surface area contributed by atoms with Crippen LogP contribution in [0, 0.1) is 5.92 Å². The van der Waals surface area contributed by atoms with Crippen molar-refractivity contribution in [1.29, 1.82) is 0 Å². The zero-order chi connectivity index (χ0) is 8.81. The van der Waals surface area contributed by atoms with Gasteiger partial charge in [0.25, 0.3) is 0 Å². The fraction of sp³-hybridized carbons (Fsp3) is 0.750. The van der Waals surface area contributed by atoms with E-state index in [9.17, 15) is 0 Å². The van der Waals surface area contributed by atoms with Crippen LogP contribution in [0.5, 0.6) is 0 Å². The first-order chi connectivity index (χ1) is 5.79. The molecule has 0 saturated heterocycles. The second kappa shape index (κ2) is 4.87. The molecule has 0 aromatic carbocycles. The van der Waals surface area contributed by atoms with Gasteiger partial charge in [0.1, 0.15) is 0 Å². The number of nitrogens with one attached hydrogen (secondary N) is 1. The van der Waals surface area contributed by atoms with Gasteiger partial charge in [0.05, 0.1) is 0 Å². The summed E-state index contributed by atoms with van der Waals surface area (Å²) in [5.74, 6) is 1.39. The zero-order valence-electron chi connectivity index (χ0n) is 7.58. The Hall–Kier alpha value is -0.900. The highest BCUT2D eigenvalue weighted by Gasteiger charge is 1.98. The molecule has 0 aliphatic heterocycles. The Morgan fingerprint density at radius 1 is 1.58 bits per heavy atom. The maximum absolute atomic E-state index is 4.84.